The second-order valence-electron chi connectivity index (χ2n) is 6.94. The number of benzene rings is 1. The molecule has 1 aliphatic carbocycles. The van der Waals surface area contributed by atoms with Gasteiger partial charge in [-0.15, -0.1) is 0 Å². The van der Waals surface area contributed by atoms with Crippen molar-refractivity contribution in [1.82, 2.24) is 10.2 Å². The molecule has 0 radical (unpaired) electrons. The number of carbonyl (C=O) groups excluding carboxylic acids is 1. The highest BCUT2D eigenvalue weighted by Crippen LogP contribution is 2.25. The van der Waals surface area contributed by atoms with Crippen LogP contribution in [0.3, 0.4) is 0 Å². The molecule has 1 heterocycles. The van der Waals surface area contributed by atoms with Crippen molar-refractivity contribution in [2.24, 2.45) is 0 Å². The first-order valence-corrected chi connectivity index (χ1v) is 9.06. The zero-order valence-corrected chi connectivity index (χ0v) is 14.4. The molecule has 1 atom stereocenters. The van der Waals surface area contributed by atoms with E-state index in [0.717, 1.165) is 19.5 Å². The normalized spacial score (nSPS) is 23.0. The van der Waals surface area contributed by atoms with E-state index in [9.17, 15) is 9.18 Å². The van der Waals surface area contributed by atoms with Crippen LogP contribution in [0.2, 0.25) is 0 Å². The Morgan fingerprint density at radius 1 is 1.21 bits per heavy atom. The van der Waals surface area contributed by atoms with Crippen molar-refractivity contribution in [3.63, 3.8) is 0 Å². The van der Waals surface area contributed by atoms with Crippen LogP contribution in [-0.2, 0) is 0 Å². The van der Waals surface area contributed by atoms with Crippen molar-refractivity contribution in [2.75, 3.05) is 20.2 Å². The van der Waals surface area contributed by atoms with E-state index in [1.807, 2.05) is 0 Å². The number of hydrogen-bond acceptors (Lipinski definition) is 3. The third-order valence-corrected chi connectivity index (χ3v) is 5.30. The number of nitrogens with zero attached hydrogens (tertiary/aromatic N) is 1. The van der Waals surface area contributed by atoms with E-state index in [1.165, 1.54) is 63.8 Å². The number of amides is 1. The number of methoxy groups -OCH3 is 1. The molecule has 1 saturated heterocycles. The standard InChI is InChI=1S/C19H27FN2O2/c1-24-18-9-8-14(20)12-17(18)19(23)21-15-10-11-22(13-15)16-6-4-2-3-5-7-16/h8-9,12,15-16H,2-7,10-11,13H2,1H3,(H,21,23). The van der Waals surface area contributed by atoms with Crippen LogP contribution in [0.1, 0.15) is 55.3 Å². The van der Waals surface area contributed by atoms with Crippen molar-refractivity contribution < 1.29 is 13.9 Å². The molecule has 132 valence electrons. The minimum absolute atomic E-state index is 0.133. The molecule has 0 aromatic heterocycles. The van der Waals surface area contributed by atoms with Crippen LogP contribution in [0.25, 0.3) is 0 Å². The topological polar surface area (TPSA) is 41.6 Å². The van der Waals surface area contributed by atoms with Gasteiger partial charge in [0.15, 0.2) is 0 Å². The summed E-state index contributed by atoms with van der Waals surface area (Å²) < 4.78 is 18.6. The van der Waals surface area contributed by atoms with Crippen LogP contribution in [0.15, 0.2) is 18.2 Å². The first kappa shape index (κ1) is 17.2. The van der Waals surface area contributed by atoms with Gasteiger partial charge in [-0.25, -0.2) is 4.39 Å². The number of halogens is 1. The number of hydrogen-bond donors (Lipinski definition) is 1. The average molecular weight is 334 g/mol. The van der Waals surface area contributed by atoms with Crippen molar-refractivity contribution in [1.29, 1.82) is 0 Å². The molecule has 4 nitrogen and oxygen atoms in total. The summed E-state index contributed by atoms with van der Waals surface area (Å²) in [7, 11) is 1.49. The molecule has 1 aromatic rings. The summed E-state index contributed by atoms with van der Waals surface area (Å²) in [6, 6.07) is 4.84. The summed E-state index contributed by atoms with van der Waals surface area (Å²) in [6.07, 6.45) is 8.85. The predicted molar refractivity (Wildman–Crippen MR) is 91.9 cm³/mol. The fourth-order valence-electron chi connectivity index (χ4n) is 3.98. The Kier molecular flexibility index (Phi) is 5.72. The van der Waals surface area contributed by atoms with E-state index in [4.69, 9.17) is 4.74 Å². The van der Waals surface area contributed by atoms with E-state index in [0.29, 0.717) is 11.8 Å². The molecule has 5 heteroatoms. The maximum Gasteiger partial charge on any atom is 0.255 e. The first-order valence-electron chi connectivity index (χ1n) is 9.06. The molecule has 0 bridgehead atoms. The Labute approximate surface area is 143 Å². The fourth-order valence-corrected chi connectivity index (χ4v) is 3.98. The largest absolute Gasteiger partial charge is 0.496 e. The minimum atomic E-state index is -0.424. The van der Waals surface area contributed by atoms with E-state index in [1.54, 1.807) is 0 Å². The highest BCUT2D eigenvalue weighted by molar-refractivity contribution is 5.97. The number of ether oxygens (including phenoxy) is 1. The fraction of sp³-hybridized carbons (Fsp3) is 0.632. The van der Waals surface area contributed by atoms with Gasteiger partial charge in [0.1, 0.15) is 11.6 Å². The van der Waals surface area contributed by atoms with Crippen LogP contribution >= 0.6 is 0 Å². The van der Waals surface area contributed by atoms with Crippen LogP contribution in [0.4, 0.5) is 4.39 Å². The van der Waals surface area contributed by atoms with Crippen LogP contribution < -0.4 is 10.1 Å². The third kappa shape index (κ3) is 4.07. The van der Waals surface area contributed by atoms with Crippen LogP contribution in [-0.4, -0.2) is 43.1 Å². The van der Waals surface area contributed by atoms with Gasteiger partial charge in [-0.3, -0.25) is 9.69 Å². The van der Waals surface area contributed by atoms with Crippen LogP contribution in [0.5, 0.6) is 5.75 Å². The average Bonchev–Trinajstić information content (AvgIpc) is 2.87. The van der Waals surface area contributed by atoms with Gasteiger partial charge in [0.2, 0.25) is 0 Å². The highest BCUT2D eigenvalue weighted by atomic mass is 19.1. The summed E-state index contributed by atoms with van der Waals surface area (Å²) in [5, 5.41) is 3.05. The SMILES string of the molecule is COc1ccc(F)cc1C(=O)NC1CCN(C2CCCCCC2)C1. The molecule has 1 saturated carbocycles. The molecular formula is C19H27FN2O2. The quantitative estimate of drug-likeness (QED) is 0.859. The predicted octanol–water partition coefficient (Wildman–Crippen LogP) is 3.36. The molecule has 24 heavy (non-hydrogen) atoms. The number of likely N-dealkylation sites (tertiary alicyclic amines) is 1. The molecule has 1 amide bonds. The third-order valence-electron chi connectivity index (χ3n) is 5.30. The van der Waals surface area contributed by atoms with Gasteiger partial charge in [0, 0.05) is 25.2 Å². The van der Waals surface area contributed by atoms with E-state index >= 15 is 0 Å². The summed E-state index contributed by atoms with van der Waals surface area (Å²) >= 11 is 0. The van der Waals surface area contributed by atoms with Crippen molar-refractivity contribution in [3.8, 4) is 5.75 Å². The number of rotatable bonds is 4. The molecule has 2 aliphatic rings. The van der Waals surface area contributed by atoms with Crippen molar-refractivity contribution in [3.05, 3.63) is 29.6 Å². The molecule has 1 unspecified atom stereocenters. The lowest BCUT2D eigenvalue weighted by Gasteiger charge is -2.26. The van der Waals surface area contributed by atoms with Gasteiger partial charge >= 0.3 is 0 Å². The molecule has 1 aliphatic heterocycles. The molecule has 0 spiro atoms. The first-order chi connectivity index (χ1) is 11.7. The van der Waals surface area contributed by atoms with Gasteiger partial charge in [-0.1, -0.05) is 25.7 Å². The summed E-state index contributed by atoms with van der Waals surface area (Å²) in [4.78, 5) is 15.0. The van der Waals surface area contributed by atoms with Crippen molar-refractivity contribution in [2.45, 2.75) is 57.0 Å². The van der Waals surface area contributed by atoms with Gasteiger partial charge in [0.05, 0.1) is 12.7 Å². The Bertz CT molecular complexity index is 570. The van der Waals surface area contributed by atoms with Crippen LogP contribution in [0, 0.1) is 5.82 Å². The lowest BCUT2D eigenvalue weighted by Crippen LogP contribution is -2.39. The maximum absolute atomic E-state index is 13.5. The highest BCUT2D eigenvalue weighted by Gasteiger charge is 2.30. The molecule has 2 fully saturated rings. The molecule has 3 rings (SSSR count). The number of nitrogens with one attached hydrogen (secondary N) is 1. The number of carbonyl (C=O) groups is 1. The Morgan fingerprint density at radius 2 is 1.96 bits per heavy atom. The van der Waals surface area contributed by atoms with Crippen molar-refractivity contribution >= 4 is 5.91 Å². The zero-order chi connectivity index (χ0) is 16.9. The Balaban J connectivity index is 1.59. The monoisotopic (exact) mass is 334 g/mol. The maximum atomic E-state index is 13.5. The molecular weight excluding hydrogens is 307 g/mol. The second-order valence-corrected chi connectivity index (χ2v) is 6.94. The summed E-state index contributed by atoms with van der Waals surface area (Å²) in [5.74, 6) is -0.265. The lowest BCUT2D eigenvalue weighted by atomic mass is 10.1. The van der Waals surface area contributed by atoms with Gasteiger partial charge in [-0.2, -0.15) is 0 Å². The Hall–Kier alpha value is -1.62. The molecule has 1 aromatic carbocycles. The van der Waals surface area contributed by atoms with Gasteiger partial charge in [0.25, 0.3) is 5.91 Å². The second kappa shape index (κ2) is 7.97. The minimum Gasteiger partial charge on any atom is -0.496 e. The Morgan fingerprint density at radius 3 is 2.67 bits per heavy atom. The summed E-state index contributed by atoms with van der Waals surface area (Å²) in [5.41, 5.74) is 0.269. The zero-order valence-electron chi connectivity index (χ0n) is 14.4. The summed E-state index contributed by atoms with van der Waals surface area (Å²) in [6.45, 7) is 1.93. The van der Waals surface area contributed by atoms with E-state index < -0.39 is 5.82 Å². The van der Waals surface area contributed by atoms with Gasteiger partial charge in [-0.05, 0) is 37.5 Å². The smallest absolute Gasteiger partial charge is 0.255 e. The van der Waals surface area contributed by atoms with E-state index in [2.05, 4.69) is 10.2 Å². The molecule has 1 N–H and O–H groups in total. The lowest BCUT2D eigenvalue weighted by molar-refractivity contribution is 0.0932. The van der Waals surface area contributed by atoms with E-state index in [-0.39, 0.29) is 17.5 Å². The van der Waals surface area contributed by atoms with Gasteiger partial charge < -0.3 is 10.1 Å².